The monoisotopic (exact) mass is 233 g/mol. The summed E-state index contributed by atoms with van der Waals surface area (Å²) in [7, 11) is 0. The van der Waals surface area contributed by atoms with Crippen molar-refractivity contribution in [2.75, 3.05) is 11.4 Å². The topological polar surface area (TPSA) is 57.6 Å². The van der Waals surface area contributed by atoms with Gasteiger partial charge >= 0.3 is 5.97 Å². The van der Waals surface area contributed by atoms with Gasteiger partial charge in [-0.1, -0.05) is 12.1 Å². The molecule has 1 aliphatic rings. The van der Waals surface area contributed by atoms with E-state index in [-0.39, 0.29) is 12.3 Å². The van der Waals surface area contributed by atoms with E-state index in [9.17, 15) is 9.59 Å². The summed E-state index contributed by atoms with van der Waals surface area (Å²) in [4.78, 5) is 23.7. The third-order valence-corrected chi connectivity index (χ3v) is 2.95. The van der Waals surface area contributed by atoms with Gasteiger partial charge in [0.1, 0.15) is 0 Å². The summed E-state index contributed by atoms with van der Waals surface area (Å²) in [5.41, 5.74) is 1.90. The van der Waals surface area contributed by atoms with Crippen LogP contribution >= 0.6 is 0 Å². The molecule has 90 valence electrons. The van der Waals surface area contributed by atoms with Crippen LogP contribution in [0, 0.1) is 0 Å². The van der Waals surface area contributed by atoms with Crippen molar-refractivity contribution in [1.29, 1.82) is 0 Å². The number of nitrogens with zero attached hydrogens (tertiary/aromatic N) is 1. The van der Waals surface area contributed by atoms with Crippen LogP contribution in [0.1, 0.15) is 24.8 Å². The first-order valence-corrected chi connectivity index (χ1v) is 5.78. The molecule has 0 spiro atoms. The van der Waals surface area contributed by atoms with Gasteiger partial charge < -0.3 is 10.0 Å². The van der Waals surface area contributed by atoms with Gasteiger partial charge in [-0.25, -0.2) is 0 Å². The summed E-state index contributed by atoms with van der Waals surface area (Å²) in [5, 5.41) is 8.58. The molecule has 0 radical (unpaired) electrons. The lowest BCUT2D eigenvalue weighted by atomic mass is 10.1. The van der Waals surface area contributed by atoms with Gasteiger partial charge in [0, 0.05) is 25.1 Å². The van der Waals surface area contributed by atoms with E-state index in [1.54, 1.807) is 4.90 Å². The fourth-order valence-corrected chi connectivity index (χ4v) is 2.01. The Morgan fingerprint density at radius 2 is 2.00 bits per heavy atom. The van der Waals surface area contributed by atoms with E-state index in [1.165, 1.54) is 0 Å². The third-order valence-electron chi connectivity index (χ3n) is 2.95. The number of amides is 1. The first kappa shape index (κ1) is 11.6. The Morgan fingerprint density at radius 1 is 1.29 bits per heavy atom. The molecule has 1 N–H and O–H groups in total. The molecule has 1 aromatic carbocycles. The van der Waals surface area contributed by atoms with Crippen LogP contribution < -0.4 is 4.90 Å². The predicted molar refractivity (Wildman–Crippen MR) is 64.0 cm³/mol. The van der Waals surface area contributed by atoms with Crippen LogP contribution in [0.15, 0.2) is 24.3 Å². The van der Waals surface area contributed by atoms with E-state index in [4.69, 9.17) is 5.11 Å². The predicted octanol–water partition coefficient (Wildman–Crippen LogP) is 1.83. The second-order valence-electron chi connectivity index (χ2n) is 4.21. The molecule has 2 rings (SSSR count). The number of hydrogen-bond acceptors (Lipinski definition) is 2. The lowest BCUT2D eigenvalue weighted by Gasteiger charge is -2.15. The minimum atomic E-state index is -0.788. The normalized spacial score (nSPS) is 15.3. The van der Waals surface area contributed by atoms with E-state index in [1.807, 2.05) is 24.3 Å². The number of carbonyl (C=O) groups excluding carboxylic acids is 1. The second kappa shape index (κ2) is 4.99. The van der Waals surface area contributed by atoms with Crippen molar-refractivity contribution in [2.45, 2.75) is 25.7 Å². The Morgan fingerprint density at radius 3 is 2.53 bits per heavy atom. The molecule has 1 heterocycles. The highest BCUT2D eigenvalue weighted by molar-refractivity contribution is 5.95. The van der Waals surface area contributed by atoms with Gasteiger partial charge in [-0.3, -0.25) is 9.59 Å². The van der Waals surface area contributed by atoms with Gasteiger partial charge in [0.05, 0.1) is 0 Å². The molecule has 1 fully saturated rings. The Hall–Kier alpha value is -1.84. The summed E-state index contributed by atoms with van der Waals surface area (Å²) < 4.78 is 0. The van der Waals surface area contributed by atoms with Crippen LogP contribution in [0.25, 0.3) is 0 Å². The highest BCUT2D eigenvalue weighted by Gasteiger charge is 2.21. The van der Waals surface area contributed by atoms with Gasteiger partial charge in [0.15, 0.2) is 0 Å². The van der Waals surface area contributed by atoms with E-state index in [0.717, 1.165) is 24.2 Å². The van der Waals surface area contributed by atoms with Gasteiger partial charge in [-0.15, -0.1) is 0 Å². The Bertz CT molecular complexity index is 425. The van der Waals surface area contributed by atoms with Crippen LogP contribution in [0.5, 0.6) is 0 Å². The number of hydrogen-bond donors (Lipinski definition) is 1. The van der Waals surface area contributed by atoms with Crippen LogP contribution in [-0.2, 0) is 16.0 Å². The molecule has 0 aliphatic carbocycles. The second-order valence-corrected chi connectivity index (χ2v) is 4.21. The van der Waals surface area contributed by atoms with Crippen molar-refractivity contribution < 1.29 is 14.7 Å². The third kappa shape index (κ3) is 2.84. The van der Waals surface area contributed by atoms with Crippen LogP contribution in [0.4, 0.5) is 5.69 Å². The fourth-order valence-electron chi connectivity index (χ4n) is 2.01. The van der Waals surface area contributed by atoms with Gasteiger partial charge in [-0.2, -0.15) is 0 Å². The summed E-state index contributed by atoms with van der Waals surface area (Å²) in [6.07, 6.45) is 2.21. The van der Waals surface area contributed by atoms with Crippen molar-refractivity contribution in [2.24, 2.45) is 0 Å². The lowest BCUT2D eigenvalue weighted by molar-refractivity contribution is -0.137. The quantitative estimate of drug-likeness (QED) is 0.863. The molecule has 1 amide bonds. The molecule has 4 nitrogen and oxygen atoms in total. The number of anilines is 1. The zero-order valence-electron chi connectivity index (χ0n) is 9.56. The van der Waals surface area contributed by atoms with Gasteiger partial charge in [0.25, 0.3) is 0 Å². The molecular weight excluding hydrogens is 218 g/mol. The van der Waals surface area contributed by atoms with Crippen molar-refractivity contribution in [3.63, 3.8) is 0 Å². The number of aliphatic carboxylic acids is 1. The molecule has 0 aromatic heterocycles. The van der Waals surface area contributed by atoms with Crippen molar-refractivity contribution in [3.05, 3.63) is 29.8 Å². The average molecular weight is 233 g/mol. The first-order chi connectivity index (χ1) is 8.16. The Balaban J connectivity index is 2.02. The van der Waals surface area contributed by atoms with Crippen molar-refractivity contribution in [3.8, 4) is 0 Å². The molecular formula is C13H15NO3. The highest BCUT2D eigenvalue weighted by atomic mass is 16.4. The fraction of sp³-hybridized carbons (Fsp3) is 0.385. The number of carbonyl (C=O) groups is 2. The minimum Gasteiger partial charge on any atom is -0.481 e. The summed E-state index contributed by atoms with van der Waals surface area (Å²) in [6.45, 7) is 0.785. The maximum Gasteiger partial charge on any atom is 0.303 e. The zero-order chi connectivity index (χ0) is 12.3. The molecule has 1 aliphatic heterocycles. The zero-order valence-corrected chi connectivity index (χ0v) is 9.56. The molecule has 0 bridgehead atoms. The number of rotatable bonds is 4. The van der Waals surface area contributed by atoms with Crippen LogP contribution in [-0.4, -0.2) is 23.5 Å². The largest absolute Gasteiger partial charge is 0.481 e. The van der Waals surface area contributed by atoms with E-state index >= 15 is 0 Å². The smallest absolute Gasteiger partial charge is 0.303 e. The molecule has 0 saturated carbocycles. The standard InChI is InChI=1S/C13H15NO3/c15-12-2-1-9-14(12)11-6-3-10(4-7-11)5-8-13(16)17/h3-4,6-7H,1-2,5,8-9H2,(H,16,17). The Kier molecular flexibility index (Phi) is 3.42. The molecule has 1 saturated heterocycles. The van der Waals surface area contributed by atoms with Gasteiger partial charge in [0.2, 0.25) is 5.91 Å². The molecule has 4 heteroatoms. The highest BCUT2D eigenvalue weighted by Crippen LogP contribution is 2.21. The Labute approximate surface area is 99.9 Å². The number of aryl methyl sites for hydroxylation is 1. The van der Waals surface area contributed by atoms with E-state index < -0.39 is 5.97 Å². The van der Waals surface area contributed by atoms with Crippen molar-refractivity contribution >= 4 is 17.6 Å². The maximum atomic E-state index is 11.5. The van der Waals surface area contributed by atoms with E-state index in [0.29, 0.717) is 12.8 Å². The van der Waals surface area contributed by atoms with Crippen LogP contribution in [0.2, 0.25) is 0 Å². The van der Waals surface area contributed by atoms with Gasteiger partial charge in [-0.05, 0) is 30.5 Å². The minimum absolute atomic E-state index is 0.141. The average Bonchev–Trinajstić information content (AvgIpc) is 2.73. The molecule has 17 heavy (non-hydrogen) atoms. The molecule has 1 aromatic rings. The molecule has 0 unspecified atom stereocenters. The maximum absolute atomic E-state index is 11.5. The molecule has 0 atom stereocenters. The summed E-state index contributed by atoms with van der Waals surface area (Å²) >= 11 is 0. The first-order valence-electron chi connectivity index (χ1n) is 5.78. The van der Waals surface area contributed by atoms with E-state index in [2.05, 4.69) is 0 Å². The summed E-state index contributed by atoms with van der Waals surface area (Å²) in [6, 6.07) is 7.56. The summed E-state index contributed by atoms with van der Waals surface area (Å²) in [5.74, 6) is -0.618. The van der Waals surface area contributed by atoms with Crippen molar-refractivity contribution in [1.82, 2.24) is 0 Å². The van der Waals surface area contributed by atoms with Crippen LogP contribution in [0.3, 0.4) is 0 Å². The SMILES string of the molecule is O=C(O)CCc1ccc(N2CCCC2=O)cc1. The number of carboxylic acids is 1. The lowest BCUT2D eigenvalue weighted by Crippen LogP contribution is -2.23. The number of benzene rings is 1. The number of carboxylic acid groups (broad SMARTS) is 1.